The van der Waals surface area contributed by atoms with Gasteiger partial charge in [-0.15, -0.1) is 0 Å². The highest BCUT2D eigenvalue weighted by Crippen LogP contribution is 2.22. The van der Waals surface area contributed by atoms with Gasteiger partial charge in [-0.25, -0.2) is 19.0 Å². The average Bonchev–Trinajstić information content (AvgIpc) is 3.05. The molecule has 0 aromatic heterocycles. The van der Waals surface area contributed by atoms with Crippen LogP contribution < -0.4 is 0 Å². The minimum Gasteiger partial charge on any atom is -0.207 e. The molecule has 2 unspecified atom stereocenters. The van der Waals surface area contributed by atoms with Crippen LogP contribution in [0.1, 0.15) is 39.5 Å². The van der Waals surface area contributed by atoms with Crippen molar-refractivity contribution in [2.24, 2.45) is 9.98 Å². The molecular formula is C15H26N4+2. The van der Waals surface area contributed by atoms with Crippen molar-refractivity contribution in [3.63, 3.8) is 0 Å². The number of quaternary nitrogens is 2. The maximum absolute atomic E-state index is 4.33. The van der Waals surface area contributed by atoms with Crippen molar-refractivity contribution in [3.05, 3.63) is 24.8 Å². The van der Waals surface area contributed by atoms with E-state index in [9.17, 15) is 0 Å². The number of nitrogens with zero attached hydrogens (tertiary/aromatic N) is 4. The summed E-state index contributed by atoms with van der Waals surface area (Å²) in [6, 6.07) is 0. The molecule has 2 rings (SSSR count). The Hall–Kier alpha value is -1.26. The molecule has 2 heterocycles. The van der Waals surface area contributed by atoms with Gasteiger partial charge in [0.1, 0.15) is 12.4 Å². The third-order valence-electron chi connectivity index (χ3n) is 3.88. The van der Waals surface area contributed by atoms with E-state index in [1.54, 1.807) is 0 Å². The lowest BCUT2D eigenvalue weighted by atomic mass is 10.2. The van der Waals surface area contributed by atoms with E-state index >= 15 is 0 Å². The first kappa shape index (κ1) is 14.2. The molecule has 0 aromatic rings. The molecule has 2 aliphatic rings. The fourth-order valence-electron chi connectivity index (χ4n) is 2.73. The van der Waals surface area contributed by atoms with Crippen LogP contribution >= 0.6 is 0 Å². The van der Waals surface area contributed by atoms with Crippen LogP contribution in [0.4, 0.5) is 0 Å². The smallest absolute Gasteiger partial charge is 0.207 e. The van der Waals surface area contributed by atoms with Crippen molar-refractivity contribution in [1.82, 2.24) is 0 Å². The van der Waals surface area contributed by atoms with Gasteiger partial charge < -0.3 is 0 Å². The highest BCUT2D eigenvalue weighted by molar-refractivity contribution is 5.53. The summed E-state index contributed by atoms with van der Waals surface area (Å²) in [4.78, 5) is 8.66. The summed E-state index contributed by atoms with van der Waals surface area (Å²) in [5, 5.41) is 0. The third-order valence-corrected chi connectivity index (χ3v) is 3.88. The molecule has 4 nitrogen and oxygen atoms in total. The summed E-state index contributed by atoms with van der Waals surface area (Å²) >= 11 is 0. The maximum atomic E-state index is 4.33. The van der Waals surface area contributed by atoms with Gasteiger partial charge in [-0.3, -0.25) is 0 Å². The van der Waals surface area contributed by atoms with E-state index < -0.39 is 0 Å². The number of unbranched alkanes of at least 4 members (excludes halogenated alkanes) is 2. The molecule has 0 fully saturated rings. The average molecular weight is 262 g/mol. The van der Waals surface area contributed by atoms with E-state index in [0.29, 0.717) is 0 Å². The van der Waals surface area contributed by atoms with Gasteiger partial charge in [0, 0.05) is 0 Å². The summed E-state index contributed by atoms with van der Waals surface area (Å²) in [5.74, 6) is 0. The van der Waals surface area contributed by atoms with E-state index in [2.05, 4.69) is 48.9 Å². The summed E-state index contributed by atoms with van der Waals surface area (Å²) in [6.45, 7) is 7.74. The maximum Gasteiger partial charge on any atom is 0.227 e. The molecule has 19 heavy (non-hydrogen) atoms. The zero-order valence-electron chi connectivity index (χ0n) is 12.2. The van der Waals surface area contributed by atoms with Crippen LogP contribution in [0.15, 0.2) is 34.8 Å². The molecule has 2 atom stereocenters. The highest BCUT2D eigenvalue weighted by atomic mass is 15.5. The second-order valence-corrected chi connectivity index (χ2v) is 5.63. The van der Waals surface area contributed by atoms with Crippen LogP contribution in [-0.4, -0.2) is 41.4 Å². The zero-order chi connectivity index (χ0) is 13.6. The molecule has 0 spiro atoms. The Labute approximate surface area is 116 Å². The quantitative estimate of drug-likeness (QED) is 0.600. The number of hydrogen-bond donors (Lipinski definition) is 0. The monoisotopic (exact) mass is 262 g/mol. The number of rotatable bonds is 8. The minimum absolute atomic E-state index is 0.855. The highest BCUT2D eigenvalue weighted by Gasteiger charge is 2.38. The van der Waals surface area contributed by atoms with Gasteiger partial charge in [0.05, 0.1) is 25.5 Å². The second kappa shape index (κ2) is 6.26. The Morgan fingerprint density at radius 3 is 1.58 bits per heavy atom. The van der Waals surface area contributed by atoms with Crippen molar-refractivity contribution in [2.75, 3.05) is 19.8 Å². The Morgan fingerprint density at radius 2 is 1.26 bits per heavy atom. The predicted molar refractivity (Wildman–Crippen MR) is 80.2 cm³/mol. The summed E-state index contributed by atoms with van der Waals surface area (Å²) in [7, 11) is 0. The van der Waals surface area contributed by atoms with E-state index in [0.717, 1.165) is 28.7 Å². The number of hydrogen-bond acceptors (Lipinski definition) is 2. The van der Waals surface area contributed by atoms with E-state index in [1.807, 2.05) is 12.4 Å². The van der Waals surface area contributed by atoms with Crippen LogP contribution in [0.3, 0.4) is 0 Å². The first-order valence-corrected chi connectivity index (χ1v) is 7.41. The first-order valence-electron chi connectivity index (χ1n) is 7.41. The molecule has 4 heteroatoms. The fourth-order valence-corrected chi connectivity index (χ4v) is 2.73. The van der Waals surface area contributed by atoms with Crippen LogP contribution in [-0.2, 0) is 0 Å². The Kier molecular flexibility index (Phi) is 4.66. The molecule has 0 aliphatic carbocycles. The molecule has 104 valence electrons. The van der Waals surface area contributed by atoms with E-state index in [4.69, 9.17) is 0 Å². The molecule has 0 bridgehead atoms. The fraction of sp³-hybridized carbons (Fsp3) is 0.600. The lowest BCUT2D eigenvalue weighted by Gasteiger charge is -2.35. The van der Waals surface area contributed by atoms with Crippen LogP contribution in [0.5, 0.6) is 0 Å². The topological polar surface area (TPSA) is 24.7 Å². The van der Waals surface area contributed by atoms with Gasteiger partial charge >= 0.3 is 0 Å². The molecule has 0 saturated heterocycles. The summed E-state index contributed by atoms with van der Waals surface area (Å²) in [5.41, 5.74) is 0. The van der Waals surface area contributed by atoms with Gasteiger partial charge in [-0.05, 0) is 12.8 Å². The van der Waals surface area contributed by atoms with Gasteiger partial charge in [0.15, 0.2) is 12.7 Å². The minimum atomic E-state index is 0.855. The van der Waals surface area contributed by atoms with Crippen molar-refractivity contribution in [1.29, 1.82) is 0 Å². The zero-order valence-corrected chi connectivity index (χ0v) is 12.2. The standard InChI is InChI=1S/C15H26N4/c1-3-5-9-18(11-7-16-13-18)15-19(10-6-4-2)12-8-17-14-19/h7-8,11-14H,3-6,9-10,15H2,1-2H3/q+2. The normalized spacial score (nSPS) is 31.7. The van der Waals surface area contributed by atoms with E-state index in [1.165, 1.54) is 25.7 Å². The van der Waals surface area contributed by atoms with Crippen LogP contribution in [0.2, 0.25) is 0 Å². The SMILES string of the molecule is CCCC[N+]1(C[N+]2(CCCC)C=CN=C2)C=CN=C1. The van der Waals surface area contributed by atoms with Crippen LogP contribution in [0.25, 0.3) is 0 Å². The Bertz CT molecular complexity index is 344. The van der Waals surface area contributed by atoms with Gasteiger partial charge in [-0.2, -0.15) is 0 Å². The molecule has 0 aromatic carbocycles. The predicted octanol–water partition coefficient (Wildman–Crippen LogP) is 3.20. The lowest BCUT2D eigenvalue weighted by Crippen LogP contribution is -2.56. The van der Waals surface area contributed by atoms with Crippen molar-refractivity contribution in [2.45, 2.75) is 39.5 Å². The molecule has 0 saturated carbocycles. The van der Waals surface area contributed by atoms with Gasteiger partial charge in [0.25, 0.3) is 0 Å². The van der Waals surface area contributed by atoms with Gasteiger partial charge in [0.2, 0.25) is 6.67 Å². The summed E-state index contributed by atoms with van der Waals surface area (Å²) < 4.78 is 1.71. The van der Waals surface area contributed by atoms with Crippen LogP contribution in [0, 0.1) is 0 Å². The summed E-state index contributed by atoms with van der Waals surface area (Å²) in [6.07, 6.45) is 17.4. The van der Waals surface area contributed by atoms with Crippen molar-refractivity contribution in [3.8, 4) is 0 Å². The molecule has 2 aliphatic heterocycles. The Balaban J connectivity index is 2.10. The second-order valence-electron chi connectivity index (χ2n) is 5.63. The molecule has 0 radical (unpaired) electrons. The van der Waals surface area contributed by atoms with Crippen molar-refractivity contribution >= 4 is 12.7 Å². The third kappa shape index (κ3) is 3.39. The van der Waals surface area contributed by atoms with E-state index in [-0.39, 0.29) is 0 Å². The molecule has 0 amide bonds. The number of aliphatic imine (C=N–C) groups is 2. The first-order chi connectivity index (χ1) is 9.24. The molecular weight excluding hydrogens is 236 g/mol. The lowest BCUT2D eigenvalue weighted by molar-refractivity contribution is -0.968. The van der Waals surface area contributed by atoms with Gasteiger partial charge in [-0.1, -0.05) is 26.7 Å². The van der Waals surface area contributed by atoms with Crippen molar-refractivity contribution < 1.29 is 8.97 Å². The molecule has 0 N–H and O–H groups in total. The Morgan fingerprint density at radius 1 is 0.789 bits per heavy atom. The largest absolute Gasteiger partial charge is 0.227 e.